The van der Waals surface area contributed by atoms with Crippen LogP contribution in [-0.2, 0) is 0 Å². The van der Waals surface area contributed by atoms with E-state index in [1.165, 1.54) is 22.5 Å². The lowest BCUT2D eigenvalue weighted by molar-refractivity contribution is 1.25. The maximum absolute atomic E-state index is 5.72. The van der Waals surface area contributed by atoms with E-state index in [1.807, 2.05) is 6.92 Å². The van der Waals surface area contributed by atoms with Crippen molar-refractivity contribution in [3.05, 3.63) is 29.0 Å². The van der Waals surface area contributed by atoms with Crippen LogP contribution in [0.25, 0.3) is 21.7 Å². The van der Waals surface area contributed by atoms with E-state index < -0.39 is 0 Å². The fourth-order valence-electron chi connectivity index (χ4n) is 2.01. The molecule has 3 aromatic rings. The van der Waals surface area contributed by atoms with Crippen molar-refractivity contribution in [2.24, 2.45) is 0 Å². The van der Waals surface area contributed by atoms with E-state index in [4.69, 9.17) is 5.73 Å². The minimum atomic E-state index is 0.579. The van der Waals surface area contributed by atoms with Gasteiger partial charge in [0.1, 0.15) is 0 Å². The van der Waals surface area contributed by atoms with E-state index in [2.05, 4.69) is 40.9 Å². The van der Waals surface area contributed by atoms with Crippen LogP contribution in [0.1, 0.15) is 16.8 Å². The van der Waals surface area contributed by atoms with Gasteiger partial charge in [0.25, 0.3) is 0 Å². The number of nitrogen functional groups attached to an aromatic ring is 1. The Hall–Kier alpha value is -1.88. The molecule has 2 heterocycles. The van der Waals surface area contributed by atoms with Gasteiger partial charge in [0, 0.05) is 0 Å². The molecular weight excluding hydrogens is 244 g/mol. The van der Waals surface area contributed by atoms with Crippen molar-refractivity contribution in [3.8, 4) is 10.7 Å². The fourth-order valence-corrected chi connectivity index (χ4v) is 2.79. The second-order valence-corrected chi connectivity index (χ2v) is 5.54. The average molecular weight is 258 g/mol. The number of anilines is 1. The van der Waals surface area contributed by atoms with Gasteiger partial charge in [-0.2, -0.15) is 0 Å². The highest BCUT2D eigenvalue weighted by atomic mass is 32.1. The van der Waals surface area contributed by atoms with Gasteiger partial charge in [0.05, 0.1) is 21.6 Å². The van der Waals surface area contributed by atoms with Gasteiger partial charge in [0.2, 0.25) is 0 Å². The molecule has 4 nitrogen and oxygen atoms in total. The Morgan fingerprint density at radius 1 is 1.11 bits per heavy atom. The molecule has 3 N–H and O–H groups in total. The molecule has 0 spiro atoms. The van der Waals surface area contributed by atoms with Crippen LogP contribution in [0.15, 0.2) is 12.1 Å². The van der Waals surface area contributed by atoms with E-state index >= 15 is 0 Å². The van der Waals surface area contributed by atoms with Crippen molar-refractivity contribution in [3.63, 3.8) is 0 Å². The van der Waals surface area contributed by atoms with Gasteiger partial charge in [-0.1, -0.05) is 11.3 Å². The predicted molar refractivity (Wildman–Crippen MR) is 75.8 cm³/mol. The summed E-state index contributed by atoms with van der Waals surface area (Å²) in [6.07, 6.45) is 0. The third-order valence-electron chi connectivity index (χ3n) is 3.13. The minimum absolute atomic E-state index is 0.579. The number of aromatic nitrogens is 3. The molecule has 3 rings (SSSR count). The summed E-state index contributed by atoms with van der Waals surface area (Å²) in [4.78, 5) is 13.2. The van der Waals surface area contributed by atoms with Crippen LogP contribution < -0.4 is 5.73 Å². The number of nitrogens with zero attached hydrogens (tertiary/aromatic N) is 2. The number of nitrogens with one attached hydrogen (secondary N) is 1. The number of imidazole rings is 1. The number of rotatable bonds is 1. The Morgan fingerprint density at radius 3 is 2.50 bits per heavy atom. The maximum atomic E-state index is 5.72. The number of hydrogen-bond acceptors (Lipinski definition) is 4. The zero-order valence-corrected chi connectivity index (χ0v) is 11.4. The van der Waals surface area contributed by atoms with E-state index in [0.29, 0.717) is 5.13 Å². The monoisotopic (exact) mass is 258 g/mol. The summed E-state index contributed by atoms with van der Waals surface area (Å²) in [7, 11) is 0. The topological polar surface area (TPSA) is 67.6 Å². The molecule has 1 aromatic carbocycles. The lowest BCUT2D eigenvalue weighted by atomic mass is 10.1. The van der Waals surface area contributed by atoms with Gasteiger partial charge < -0.3 is 10.7 Å². The summed E-state index contributed by atoms with van der Waals surface area (Å²) >= 11 is 1.46. The van der Waals surface area contributed by atoms with Crippen LogP contribution in [0.5, 0.6) is 0 Å². The van der Waals surface area contributed by atoms with Crippen molar-refractivity contribution < 1.29 is 0 Å². The lowest BCUT2D eigenvalue weighted by Gasteiger charge is -1.97. The highest BCUT2D eigenvalue weighted by Crippen LogP contribution is 2.31. The molecule has 18 heavy (non-hydrogen) atoms. The lowest BCUT2D eigenvalue weighted by Crippen LogP contribution is -1.81. The molecule has 0 bridgehead atoms. The maximum Gasteiger partial charge on any atom is 0.180 e. The van der Waals surface area contributed by atoms with E-state index in [9.17, 15) is 0 Å². The summed E-state index contributed by atoms with van der Waals surface area (Å²) in [6, 6.07) is 4.23. The van der Waals surface area contributed by atoms with Crippen molar-refractivity contribution in [2.45, 2.75) is 20.8 Å². The third-order valence-corrected chi connectivity index (χ3v) is 4.12. The number of fused-ring (bicyclic) bond motifs is 1. The Morgan fingerprint density at radius 2 is 1.83 bits per heavy atom. The standard InChI is InChI=1S/C13H14N4S/c1-6-4-9-10(5-7(6)2)17-12(16-9)11-8(3)15-13(14)18-11/h4-5H,1-3H3,(H2,14,15)(H,16,17). The first-order chi connectivity index (χ1) is 8.54. The quantitative estimate of drug-likeness (QED) is 0.704. The molecule has 0 amide bonds. The van der Waals surface area contributed by atoms with Gasteiger partial charge in [-0.15, -0.1) is 0 Å². The first kappa shape index (κ1) is 11.2. The van der Waals surface area contributed by atoms with Crippen LogP contribution >= 0.6 is 11.3 Å². The van der Waals surface area contributed by atoms with Crippen LogP contribution in [0.3, 0.4) is 0 Å². The van der Waals surface area contributed by atoms with Gasteiger partial charge in [-0.3, -0.25) is 0 Å². The molecule has 2 aromatic heterocycles. The van der Waals surface area contributed by atoms with Crippen molar-refractivity contribution in [1.29, 1.82) is 0 Å². The van der Waals surface area contributed by atoms with Gasteiger partial charge in [-0.25, -0.2) is 9.97 Å². The molecule has 0 aliphatic carbocycles. The minimum Gasteiger partial charge on any atom is -0.375 e. The van der Waals surface area contributed by atoms with Gasteiger partial charge >= 0.3 is 0 Å². The molecule has 0 unspecified atom stereocenters. The SMILES string of the molecule is Cc1cc2nc(-c3sc(N)nc3C)[nH]c2cc1C. The Balaban J connectivity index is 2.22. The fraction of sp³-hybridized carbons (Fsp3) is 0.231. The Bertz CT molecular complexity index is 700. The second-order valence-electron chi connectivity index (χ2n) is 4.51. The molecule has 0 aliphatic heterocycles. The van der Waals surface area contributed by atoms with Crippen LogP contribution in [-0.4, -0.2) is 15.0 Å². The molecule has 5 heteroatoms. The van der Waals surface area contributed by atoms with Gasteiger partial charge in [0.15, 0.2) is 11.0 Å². The number of H-pyrrole nitrogens is 1. The number of nitrogens with two attached hydrogens (primary N) is 1. The van der Waals surface area contributed by atoms with Crippen LogP contribution in [0.2, 0.25) is 0 Å². The van der Waals surface area contributed by atoms with E-state index in [0.717, 1.165) is 27.4 Å². The first-order valence-electron chi connectivity index (χ1n) is 5.75. The van der Waals surface area contributed by atoms with Crippen LogP contribution in [0.4, 0.5) is 5.13 Å². The predicted octanol–water partition coefficient (Wildman–Crippen LogP) is 3.19. The molecule has 0 saturated carbocycles. The molecule has 0 saturated heterocycles. The first-order valence-corrected chi connectivity index (χ1v) is 6.56. The van der Waals surface area contributed by atoms with Crippen molar-refractivity contribution >= 4 is 27.5 Å². The van der Waals surface area contributed by atoms with Crippen molar-refractivity contribution in [1.82, 2.24) is 15.0 Å². The largest absolute Gasteiger partial charge is 0.375 e. The van der Waals surface area contributed by atoms with Crippen molar-refractivity contribution in [2.75, 3.05) is 5.73 Å². The normalized spacial score (nSPS) is 11.3. The molecule has 0 radical (unpaired) electrons. The molecule has 0 atom stereocenters. The summed E-state index contributed by atoms with van der Waals surface area (Å²) in [5, 5.41) is 0.579. The Labute approximate surface area is 109 Å². The van der Waals surface area contributed by atoms with E-state index in [1.54, 1.807) is 0 Å². The van der Waals surface area contributed by atoms with Crippen LogP contribution in [0, 0.1) is 20.8 Å². The highest BCUT2D eigenvalue weighted by Gasteiger charge is 2.12. The molecule has 0 aliphatic rings. The number of aromatic amines is 1. The summed E-state index contributed by atoms with van der Waals surface area (Å²) < 4.78 is 0. The smallest absolute Gasteiger partial charge is 0.180 e. The zero-order valence-electron chi connectivity index (χ0n) is 10.5. The summed E-state index contributed by atoms with van der Waals surface area (Å²) in [6.45, 7) is 6.15. The zero-order chi connectivity index (χ0) is 12.9. The second kappa shape index (κ2) is 3.81. The number of hydrogen-bond donors (Lipinski definition) is 2. The molecule has 0 fully saturated rings. The number of benzene rings is 1. The Kier molecular flexibility index (Phi) is 2.38. The number of aryl methyl sites for hydroxylation is 3. The third kappa shape index (κ3) is 1.67. The van der Waals surface area contributed by atoms with Gasteiger partial charge in [-0.05, 0) is 44.0 Å². The average Bonchev–Trinajstić information content (AvgIpc) is 2.82. The highest BCUT2D eigenvalue weighted by molar-refractivity contribution is 7.18. The van der Waals surface area contributed by atoms with E-state index in [-0.39, 0.29) is 0 Å². The molecular formula is C13H14N4S. The summed E-state index contributed by atoms with van der Waals surface area (Å²) in [5.74, 6) is 0.849. The molecule has 92 valence electrons. The summed E-state index contributed by atoms with van der Waals surface area (Å²) in [5.41, 5.74) is 11.2. The number of thiazole rings is 1.